The first-order valence-corrected chi connectivity index (χ1v) is 17.4. The molecule has 0 spiro atoms. The number of ether oxygens (including phenoxy) is 3. The second-order valence-corrected chi connectivity index (χ2v) is 12.9. The first-order chi connectivity index (χ1) is 22.2. The maximum absolute atomic E-state index is 12.3. The number of rotatable bonds is 14. The second kappa shape index (κ2) is 15.9. The topological polar surface area (TPSA) is 104 Å². The van der Waals surface area contributed by atoms with Crippen molar-refractivity contribution in [2.45, 2.75) is 121 Å². The van der Waals surface area contributed by atoms with E-state index < -0.39 is 0 Å². The van der Waals surface area contributed by atoms with Gasteiger partial charge in [-0.25, -0.2) is 4.98 Å². The van der Waals surface area contributed by atoms with Crippen LogP contribution in [0.4, 0.5) is 17.5 Å². The third kappa shape index (κ3) is 8.33. The number of fused-ring (bicyclic) bond motifs is 1. The van der Waals surface area contributed by atoms with Gasteiger partial charge in [-0.15, -0.1) is 0 Å². The lowest BCUT2D eigenvalue weighted by atomic mass is 9.94. The first kappa shape index (κ1) is 31.7. The molecule has 4 heterocycles. The summed E-state index contributed by atoms with van der Waals surface area (Å²) in [6.45, 7) is 2.16. The van der Waals surface area contributed by atoms with E-state index in [4.69, 9.17) is 29.2 Å². The molecule has 2 aliphatic heterocycles. The third-order valence-corrected chi connectivity index (χ3v) is 9.56. The molecule has 10 nitrogen and oxygen atoms in total. The van der Waals surface area contributed by atoms with Crippen molar-refractivity contribution in [1.29, 1.82) is 0 Å². The Morgan fingerprint density at radius 2 is 1.67 bits per heavy atom. The molecule has 3 fully saturated rings. The molecule has 0 bridgehead atoms. The van der Waals surface area contributed by atoms with Crippen LogP contribution in [0.15, 0.2) is 30.6 Å². The minimum Gasteiger partial charge on any atom is -0.494 e. The Morgan fingerprint density at radius 1 is 0.911 bits per heavy atom. The molecule has 2 aromatic heterocycles. The highest BCUT2D eigenvalue weighted by atomic mass is 16.5. The van der Waals surface area contributed by atoms with Crippen LogP contribution in [0.25, 0.3) is 11.2 Å². The third-order valence-electron chi connectivity index (χ3n) is 9.56. The molecule has 6 rings (SSSR count). The number of nitrogens with zero attached hydrogens (tertiary/aromatic N) is 5. The quantitative estimate of drug-likeness (QED) is 0.184. The van der Waals surface area contributed by atoms with Crippen LogP contribution in [0.1, 0.15) is 109 Å². The maximum Gasteiger partial charge on any atom is 0.231 e. The summed E-state index contributed by atoms with van der Waals surface area (Å²) in [5.74, 6) is 2.55. The summed E-state index contributed by atoms with van der Waals surface area (Å²) in [5, 5.41) is 3.44. The molecule has 2 atom stereocenters. The minimum atomic E-state index is -0.154. The van der Waals surface area contributed by atoms with Crippen molar-refractivity contribution in [3.05, 3.63) is 30.6 Å². The van der Waals surface area contributed by atoms with Gasteiger partial charge in [-0.2, -0.15) is 9.97 Å². The Balaban J connectivity index is 1.04. The lowest BCUT2D eigenvalue weighted by Crippen LogP contribution is -2.34. The molecule has 0 radical (unpaired) electrons. The molecule has 1 N–H and O–H groups in total. The van der Waals surface area contributed by atoms with E-state index in [0.717, 1.165) is 106 Å². The molecule has 244 valence electrons. The minimum absolute atomic E-state index is 0.0468. The molecule has 1 saturated carbocycles. The summed E-state index contributed by atoms with van der Waals surface area (Å²) in [7, 11) is 2.15. The predicted molar refractivity (Wildman–Crippen MR) is 176 cm³/mol. The van der Waals surface area contributed by atoms with Gasteiger partial charge >= 0.3 is 0 Å². The monoisotopic (exact) mass is 618 g/mol. The summed E-state index contributed by atoms with van der Waals surface area (Å²) < 4.78 is 19.8. The number of unbranched alkanes of at least 4 members (excludes halogenated alkanes) is 3. The first-order valence-electron chi connectivity index (χ1n) is 17.4. The van der Waals surface area contributed by atoms with E-state index in [1.54, 1.807) is 0 Å². The Kier molecular flexibility index (Phi) is 11.2. The fourth-order valence-electron chi connectivity index (χ4n) is 6.86. The van der Waals surface area contributed by atoms with Crippen LogP contribution in [-0.2, 0) is 14.3 Å². The molecule has 2 saturated heterocycles. The average molecular weight is 619 g/mol. The second-order valence-electron chi connectivity index (χ2n) is 12.9. The summed E-state index contributed by atoms with van der Waals surface area (Å²) in [4.78, 5) is 29.3. The van der Waals surface area contributed by atoms with Gasteiger partial charge in [0.2, 0.25) is 5.95 Å². The summed E-state index contributed by atoms with van der Waals surface area (Å²) in [6.07, 6.45) is 18.7. The zero-order chi connectivity index (χ0) is 30.8. The van der Waals surface area contributed by atoms with Crippen molar-refractivity contribution in [1.82, 2.24) is 19.5 Å². The highest BCUT2D eigenvalue weighted by molar-refractivity contribution is 5.85. The Labute approximate surface area is 267 Å². The standard InChI is InChI=1S/C35H50N6O4/c1-40(27-13-5-4-6-14-27)33-32-34(41(25-36-32)31-17-9-12-24-45-31)39-35(38-33)37-26-18-20-28(21-19-26)43-22-10-3-2-7-15-29(42)30-16-8-11-23-44-30/h18-21,25,27,30-31H,2-17,22-24H2,1H3,(H,37,38,39). The number of carbonyl (C=O) groups excluding carboxylic acids is 1. The van der Waals surface area contributed by atoms with Gasteiger partial charge in [0.1, 0.15) is 18.1 Å². The van der Waals surface area contributed by atoms with Crippen LogP contribution in [-0.4, -0.2) is 64.3 Å². The van der Waals surface area contributed by atoms with Gasteiger partial charge in [0.15, 0.2) is 22.8 Å². The van der Waals surface area contributed by atoms with Gasteiger partial charge in [-0.05, 0) is 88.5 Å². The summed E-state index contributed by atoms with van der Waals surface area (Å²) in [6, 6.07) is 8.44. The van der Waals surface area contributed by atoms with E-state index in [1.807, 2.05) is 30.6 Å². The molecule has 10 heteroatoms. The molecular formula is C35H50N6O4. The Bertz CT molecular complexity index is 1360. The maximum atomic E-state index is 12.3. The molecule has 0 amide bonds. The number of benzene rings is 1. The average Bonchev–Trinajstić information content (AvgIpc) is 3.53. The van der Waals surface area contributed by atoms with Crippen molar-refractivity contribution in [2.24, 2.45) is 0 Å². The van der Waals surface area contributed by atoms with E-state index in [-0.39, 0.29) is 18.1 Å². The van der Waals surface area contributed by atoms with E-state index >= 15 is 0 Å². The lowest BCUT2D eigenvalue weighted by Gasteiger charge is -2.32. The van der Waals surface area contributed by atoms with Crippen molar-refractivity contribution in [3.63, 3.8) is 0 Å². The molecule has 45 heavy (non-hydrogen) atoms. The highest BCUT2D eigenvalue weighted by Gasteiger charge is 2.26. The normalized spacial score (nSPS) is 21.1. The fourth-order valence-corrected chi connectivity index (χ4v) is 6.86. The largest absolute Gasteiger partial charge is 0.494 e. The van der Waals surface area contributed by atoms with Crippen molar-refractivity contribution < 1.29 is 19.0 Å². The predicted octanol–water partition coefficient (Wildman–Crippen LogP) is 7.51. The SMILES string of the molecule is CN(c1nc(Nc2ccc(OCCCCCCC(=O)C3CCCCO3)cc2)nc2c1ncn2C1CCCCO1)C1CCCCC1. The van der Waals surface area contributed by atoms with Gasteiger partial charge in [0.05, 0.1) is 12.9 Å². The van der Waals surface area contributed by atoms with Crippen LogP contribution < -0.4 is 15.0 Å². The van der Waals surface area contributed by atoms with E-state index in [2.05, 4.69) is 21.8 Å². The number of imidazole rings is 1. The van der Waals surface area contributed by atoms with Gasteiger partial charge in [0, 0.05) is 38.4 Å². The van der Waals surface area contributed by atoms with E-state index in [0.29, 0.717) is 25.0 Å². The van der Waals surface area contributed by atoms with E-state index in [1.165, 1.54) is 32.1 Å². The number of anilines is 3. The lowest BCUT2D eigenvalue weighted by molar-refractivity contribution is -0.133. The Hall–Kier alpha value is -3.24. The summed E-state index contributed by atoms with van der Waals surface area (Å²) >= 11 is 0. The molecule has 3 aromatic rings. The molecule has 1 aromatic carbocycles. The van der Waals surface area contributed by atoms with Crippen LogP contribution in [0.2, 0.25) is 0 Å². The highest BCUT2D eigenvalue weighted by Crippen LogP contribution is 2.33. The number of hydrogen-bond acceptors (Lipinski definition) is 9. The smallest absolute Gasteiger partial charge is 0.231 e. The summed E-state index contributed by atoms with van der Waals surface area (Å²) in [5.41, 5.74) is 2.54. The van der Waals surface area contributed by atoms with Gasteiger partial charge in [0.25, 0.3) is 0 Å². The van der Waals surface area contributed by atoms with Crippen molar-refractivity contribution >= 4 is 34.4 Å². The fraction of sp³-hybridized carbons (Fsp3) is 0.657. The van der Waals surface area contributed by atoms with E-state index in [9.17, 15) is 4.79 Å². The van der Waals surface area contributed by atoms with Gasteiger partial charge in [-0.1, -0.05) is 32.1 Å². The van der Waals surface area contributed by atoms with Gasteiger partial charge < -0.3 is 24.4 Å². The zero-order valence-electron chi connectivity index (χ0n) is 26.9. The molecular weight excluding hydrogens is 568 g/mol. The number of aromatic nitrogens is 4. The van der Waals surface area contributed by atoms with Crippen molar-refractivity contribution in [2.75, 3.05) is 37.1 Å². The Morgan fingerprint density at radius 3 is 2.42 bits per heavy atom. The number of nitrogens with one attached hydrogen (secondary N) is 1. The van der Waals surface area contributed by atoms with Crippen LogP contribution >= 0.6 is 0 Å². The number of carbonyl (C=O) groups is 1. The molecule has 1 aliphatic carbocycles. The number of Topliss-reactive ketones (excluding diaryl/α,β-unsaturated/α-hetero) is 1. The van der Waals surface area contributed by atoms with Gasteiger partial charge in [-0.3, -0.25) is 9.36 Å². The molecule has 3 aliphatic rings. The molecule has 2 unspecified atom stereocenters. The number of hydrogen-bond donors (Lipinski definition) is 1. The zero-order valence-corrected chi connectivity index (χ0v) is 26.9. The number of ketones is 1. The van der Waals surface area contributed by atoms with Crippen molar-refractivity contribution in [3.8, 4) is 5.75 Å². The van der Waals surface area contributed by atoms with Crippen LogP contribution in [0.5, 0.6) is 5.75 Å². The van der Waals surface area contributed by atoms with Crippen LogP contribution in [0.3, 0.4) is 0 Å². The van der Waals surface area contributed by atoms with Crippen LogP contribution in [0, 0.1) is 0 Å².